The standard InChI is InChI=1S/C14H14BrF3N2O/c1-8(2)19-6-12-13(21-7-20-12)9-3-4-11(15)10(5-9)14(16,17)18/h3-5,7-8,19H,6H2,1-2H3. The Labute approximate surface area is 128 Å². The summed E-state index contributed by atoms with van der Waals surface area (Å²) >= 11 is 2.92. The molecule has 21 heavy (non-hydrogen) atoms. The first-order chi connectivity index (χ1) is 9.79. The van der Waals surface area contributed by atoms with Gasteiger partial charge in [0, 0.05) is 22.6 Å². The molecule has 2 aromatic rings. The van der Waals surface area contributed by atoms with Gasteiger partial charge < -0.3 is 9.73 Å². The van der Waals surface area contributed by atoms with Gasteiger partial charge in [-0.2, -0.15) is 13.2 Å². The van der Waals surface area contributed by atoms with E-state index in [2.05, 4.69) is 26.2 Å². The Morgan fingerprint density at radius 2 is 2.05 bits per heavy atom. The SMILES string of the molecule is CC(C)NCc1ncoc1-c1ccc(Br)c(C(F)(F)F)c1. The largest absolute Gasteiger partial charge is 0.443 e. The summed E-state index contributed by atoms with van der Waals surface area (Å²) in [6.07, 6.45) is -3.19. The fraction of sp³-hybridized carbons (Fsp3) is 0.357. The molecule has 0 bridgehead atoms. The lowest BCUT2D eigenvalue weighted by Crippen LogP contribution is -2.22. The van der Waals surface area contributed by atoms with Gasteiger partial charge in [0.05, 0.1) is 5.56 Å². The van der Waals surface area contributed by atoms with Crippen LogP contribution in [0.1, 0.15) is 25.1 Å². The molecule has 0 radical (unpaired) electrons. The number of alkyl halides is 3. The fourth-order valence-corrected chi connectivity index (χ4v) is 2.29. The first-order valence-corrected chi connectivity index (χ1v) is 7.11. The molecule has 1 aromatic heterocycles. The van der Waals surface area contributed by atoms with Crippen molar-refractivity contribution in [3.8, 4) is 11.3 Å². The highest BCUT2D eigenvalue weighted by atomic mass is 79.9. The highest BCUT2D eigenvalue weighted by molar-refractivity contribution is 9.10. The number of hydrogen-bond acceptors (Lipinski definition) is 3. The van der Waals surface area contributed by atoms with Gasteiger partial charge in [0.15, 0.2) is 12.2 Å². The normalized spacial score (nSPS) is 12.1. The van der Waals surface area contributed by atoms with E-state index in [-0.39, 0.29) is 10.5 Å². The molecule has 1 N–H and O–H groups in total. The summed E-state index contributed by atoms with van der Waals surface area (Å²) in [4.78, 5) is 4.06. The molecule has 0 aliphatic carbocycles. The first kappa shape index (κ1) is 16.0. The molecule has 0 aliphatic heterocycles. The van der Waals surface area contributed by atoms with Gasteiger partial charge in [0.2, 0.25) is 0 Å². The molecule has 0 fully saturated rings. The number of oxazole rings is 1. The predicted molar refractivity (Wildman–Crippen MR) is 76.6 cm³/mol. The van der Waals surface area contributed by atoms with Crippen LogP contribution in [0, 0.1) is 0 Å². The van der Waals surface area contributed by atoms with E-state index in [1.54, 1.807) is 6.07 Å². The van der Waals surface area contributed by atoms with Gasteiger partial charge in [-0.25, -0.2) is 4.98 Å². The van der Waals surface area contributed by atoms with Gasteiger partial charge in [-0.1, -0.05) is 35.8 Å². The van der Waals surface area contributed by atoms with E-state index in [1.807, 2.05) is 13.8 Å². The zero-order valence-corrected chi connectivity index (χ0v) is 13.0. The second-order valence-electron chi connectivity index (χ2n) is 4.86. The minimum Gasteiger partial charge on any atom is -0.443 e. The minimum absolute atomic E-state index is 0.000112. The van der Waals surface area contributed by atoms with Crippen LogP contribution in [-0.2, 0) is 12.7 Å². The number of hydrogen-bond donors (Lipinski definition) is 1. The molecule has 114 valence electrons. The third-order valence-corrected chi connectivity index (χ3v) is 3.54. The highest BCUT2D eigenvalue weighted by Gasteiger charge is 2.33. The summed E-state index contributed by atoms with van der Waals surface area (Å²) in [6.45, 7) is 4.38. The van der Waals surface area contributed by atoms with Crippen molar-refractivity contribution in [3.05, 3.63) is 40.3 Å². The Kier molecular flexibility index (Phi) is 4.73. The quantitative estimate of drug-likeness (QED) is 0.862. The second-order valence-corrected chi connectivity index (χ2v) is 5.71. The van der Waals surface area contributed by atoms with Crippen molar-refractivity contribution < 1.29 is 17.6 Å². The maximum atomic E-state index is 12.9. The molecule has 3 nitrogen and oxygen atoms in total. The Bertz CT molecular complexity index is 623. The van der Waals surface area contributed by atoms with E-state index in [9.17, 15) is 13.2 Å². The molecule has 1 heterocycles. The molecule has 0 aliphatic rings. The Morgan fingerprint density at radius 1 is 1.33 bits per heavy atom. The number of halogens is 4. The van der Waals surface area contributed by atoms with Crippen LogP contribution in [0.2, 0.25) is 0 Å². The average molecular weight is 363 g/mol. The van der Waals surface area contributed by atoms with Crippen LogP contribution in [0.15, 0.2) is 33.5 Å². The van der Waals surface area contributed by atoms with Crippen molar-refractivity contribution in [2.45, 2.75) is 32.6 Å². The van der Waals surface area contributed by atoms with E-state index in [0.717, 1.165) is 6.07 Å². The number of rotatable bonds is 4. The van der Waals surface area contributed by atoms with Gasteiger partial charge in [0.25, 0.3) is 0 Å². The van der Waals surface area contributed by atoms with Gasteiger partial charge in [-0.15, -0.1) is 0 Å². The van der Waals surface area contributed by atoms with Crippen molar-refractivity contribution in [1.29, 1.82) is 0 Å². The molecule has 2 rings (SSSR count). The lowest BCUT2D eigenvalue weighted by atomic mass is 10.1. The maximum Gasteiger partial charge on any atom is 0.417 e. The van der Waals surface area contributed by atoms with E-state index >= 15 is 0 Å². The molecular weight excluding hydrogens is 349 g/mol. The molecular formula is C14H14BrF3N2O. The van der Waals surface area contributed by atoms with Gasteiger partial charge >= 0.3 is 6.18 Å². The summed E-state index contributed by atoms with van der Waals surface area (Å²) in [5.74, 6) is 0.348. The Morgan fingerprint density at radius 3 is 2.67 bits per heavy atom. The second kappa shape index (κ2) is 6.19. The van der Waals surface area contributed by atoms with Gasteiger partial charge in [0.1, 0.15) is 5.69 Å². The van der Waals surface area contributed by atoms with Crippen molar-refractivity contribution in [2.75, 3.05) is 0 Å². The van der Waals surface area contributed by atoms with Crippen LogP contribution in [-0.4, -0.2) is 11.0 Å². The van der Waals surface area contributed by atoms with Crippen LogP contribution < -0.4 is 5.32 Å². The van der Waals surface area contributed by atoms with Gasteiger partial charge in [-0.3, -0.25) is 0 Å². The average Bonchev–Trinajstić information content (AvgIpc) is 2.84. The smallest absolute Gasteiger partial charge is 0.417 e. The first-order valence-electron chi connectivity index (χ1n) is 6.32. The van der Waals surface area contributed by atoms with E-state index in [4.69, 9.17) is 4.42 Å². The molecule has 0 saturated carbocycles. The van der Waals surface area contributed by atoms with E-state index < -0.39 is 11.7 Å². The lowest BCUT2D eigenvalue weighted by Gasteiger charge is -2.11. The molecule has 0 spiro atoms. The summed E-state index contributed by atoms with van der Waals surface area (Å²) in [5.41, 5.74) is 0.196. The van der Waals surface area contributed by atoms with Crippen LogP contribution in [0.3, 0.4) is 0 Å². The zero-order valence-electron chi connectivity index (χ0n) is 11.5. The number of benzene rings is 1. The summed E-state index contributed by atoms with van der Waals surface area (Å²) in [5, 5.41) is 3.16. The molecule has 1 aromatic carbocycles. The van der Waals surface area contributed by atoms with Crippen molar-refractivity contribution in [3.63, 3.8) is 0 Å². The molecule has 7 heteroatoms. The topological polar surface area (TPSA) is 38.1 Å². The van der Waals surface area contributed by atoms with Crippen molar-refractivity contribution in [2.24, 2.45) is 0 Å². The molecule has 0 atom stereocenters. The number of nitrogens with one attached hydrogen (secondary N) is 1. The third-order valence-electron chi connectivity index (χ3n) is 2.85. The fourth-order valence-electron chi connectivity index (χ4n) is 1.81. The van der Waals surface area contributed by atoms with Gasteiger partial charge in [-0.05, 0) is 12.1 Å². The monoisotopic (exact) mass is 362 g/mol. The predicted octanol–water partition coefficient (Wildman–Crippen LogP) is 4.62. The molecule has 0 amide bonds. The van der Waals surface area contributed by atoms with Crippen molar-refractivity contribution in [1.82, 2.24) is 10.3 Å². The van der Waals surface area contributed by atoms with E-state index in [0.29, 0.717) is 23.6 Å². The van der Waals surface area contributed by atoms with Crippen LogP contribution >= 0.6 is 15.9 Å². The maximum absolute atomic E-state index is 12.9. The van der Waals surface area contributed by atoms with Crippen molar-refractivity contribution >= 4 is 15.9 Å². The van der Waals surface area contributed by atoms with E-state index in [1.165, 1.54) is 12.5 Å². The van der Waals surface area contributed by atoms with Crippen LogP contribution in [0.5, 0.6) is 0 Å². The highest BCUT2D eigenvalue weighted by Crippen LogP contribution is 2.37. The number of aromatic nitrogens is 1. The number of nitrogens with zero attached hydrogens (tertiary/aromatic N) is 1. The summed E-state index contributed by atoms with van der Waals surface area (Å²) < 4.78 is 44.1. The zero-order chi connectivity index (χ0) is 15.6. The molecule has 0 saturated heterocycles. The Balaban J connectivity index is 2.37. The summed E-state index contributed by atoms with van der Waals surface area (Å²) in [7, 11) is 0. The van der Waals surface area contributed by atoms with Crippen LogP contribution in [0.25, 0.3) is 11.3 Å². The van der Waals surface area contributed by atoms with Crippen LogP contribution in [0.4, 0.5) is 13.2 Å². The molecule has 0 unspecified atom stereocenters. The summed E-state index contributed by atoms with van der Waals surface area (Å²) in [6, 6.07) is 4.23. The minimum atomic E-state index is -4.43. The Hall–Kier alpha value is -1.34. The lowest BCUT2D eigenvalue weighted by molar-refractivity contribution is -0.138. The third kappa shape index (κ3) is 3.85.